The van der Waals surface area contributed by atoms with Gasteiger partial charge >= 0.3 is 0 Å². The molecule has 3 aliphatic heterocycles. The van der Waals surface area contributed by atoms with Crippen LogP contribution in [0.3, 0.4) is 0 Å². The first-order valence-corrected chi connectivity index (χ1v) is 14.4. The number of piperidine rings is 1. The van der Waals surface area contributed by atoms with Crippen LogP contribution in [0.1, 0.15) is 23.5 Å². The summed E-state index contributed by atoms with van der Waals surface area (Å²) in [5.41, 5.74) is 3.19. The molecule has 1 fully saturated rings. The van der Waals surface area contributed by atoms with Crippen LogP contribution in [0.4, 0.5) is 5.69 Å². The zero-order valence-corrected chi connectivity index (χ0v) is 23.4. The third-order valence-corrected chi connectivity index (χ3v) is 7.75. The standard InChI is InChI=1S/C32H38N2O7/c1-36-13-2-11-34-12-14-37-28-9-3-22(17-26(28)34)21-40-31-20-33-19-27(35)32(31)23-4-6-24(7-5-23)41-25-8-10-29-30(18-25)39-16-15-38-29/h3-10,17-18,27,31-33,35H,2,11-16,19-21H2,1H3. The highest BCUT2D eigenvalue weighted by Crippen LogP contribution is 2.37. The van der Waals surface area contributed by atoms with Gasteiger partial charge in [-0.2, -0.15) is 0 Å². The fraction of sp³-hybridized carbons (Fsp3) is 0.438. The van der Waals surface area contributed by atoms with Gasteiger partial charge < -0.3 is 43.7 Å². The molecule has 9 heteroatoms. The number of aliphatic hydroxyl groups is 1. The molecule has 0 aliphatic carbocycles. The van der Waals surface area contributed by atoms with Gasteiger partial charge in [-0.1, -0.05) is 18.2 Å². The van der Waals surface area contributed by atoms with Gasteiger partial charge in [-0.3, -0.25) is 0 Å². The van der Waals surface area contributed by atoms with E-state index in [-0.39, 0.29) is 12.0 Å². The van der Waals surface area contributed by atoms with E-state index in [1.807, 2.05) is 48.5 Å². The summed E-state index contributed by atoms with van der Waals surface area (Å²) in [5.74, 6) is 3.55. The van der Waals surface area contributed by atoms with Gasteiger partial charge in [-0.25, -0.2) is 0 Å². The highest BCUT2D eigenvalue weighted by Gasteiger charge is 2.34. The average Bonchev–Trinajstić information content (AvgIpc) is 3.01. The largest absolute Gasteiger partial charge is 0.490 e. The fourth-order valence-corrected chi connectivity index (χ4v) is 5.70. The van der Waals surface area contributed by atoms with E-state index >= 15 is 0 Å². The zero-order chi connectivity index (χ0) is 28.0. The van der Waals surface area contributed by atoms with Crippen molar-refractivity contribution < 1.29 is 33.5 Å². The molecule has 0 aromatic heterocycles. The number of aliphatic hydroxyl groups excluding tert-OH is 1. The number of ether oxygens (including phenoxy) is 6. The first-order valence-electron chi connectivity index (χ1n) is 14.4. The van der Waals surface area contributed by atoms with E-state index in [4.69, 9.17) is 28.4 Å². The molecule has 0 radical (unpaired) electrons. The Morgan fingerprint density at radius 3 is 2.51 bits per heavy atom. The number of nitrogens with zero attached hydrogens (tertiary/aromatic N) is 1. The number of fused-ring (bicyclic) bond motifs is 2. The minimum Gasteiger partial charge on any atom is -0.490 e. The van der Waals surface area contributed by atoms with Crippen molar-refractivity contribution in [2.45, 2.75) is 31.2 Å². The number of methoxy groups -OCH3 is 1. The summed E-state index contributed by atoms with van der Waals surface area (Å²) < 4.78 is 34.9. The molecule has 3 aromatic rings. The molecule has 0 saturated carbocycles. The van der Waals surface area contributed by atoms with Crippen LogP contribution >= 0.6 is 0 Å². The predicted octanol–water partition coefficient (Wildman–Crippen LogP) is 4.12. The molecule has 2 N–H and O–H groups in total. The van der Waals surface area contributed by atoms with Gasteiger partial charge in [0.1, 0.15) is 37.1 Å². The van der Waals surface area contributed by atoms with Crippen molar-refractivity contribution in [3.05, 3.63) is 71.8 Å². The van der Waals surface area contributed by atoms with Gasteiger partial charge in [0.25, 0.3) is 0 Å². The summed E-state index contributed by atoms with van der Waals surface area (Å²) in [6, 6.07) is 19.7. The maximum Gasteiger partial charge on any atom is 0.165 e. The van der Waals surface area contributed by atoms with Crippen molar-refractivity contribution in [1.82, 2.24) is 5.32 Å². The van der Waals surface area contributed by atoms with Crippen molar-refractivity contribution >= 4 is 5.69 Å². The van der Waals surface area contributed by atoms with Gasteiger partial charge in [0.15, 0.2) is 11.5 Å². The van der Waals surface area contributed by atoms with Crippen molar-refractivity contribution in [1.29, 1.82) is 0 Å². The Morgan fingerprint density at radius 1 is 0.878 bits per heavy atom. The molecular weight excluding hydrogens is 524 g/mol. The molecule has 41 heavy (non-hydrogen) atoms. The summed E-state index contributed by atoms with van der Waals surface area (Å²) in [5, 5.41) is 14.3. The van der Waals surface area contributed by atoms with Crippen LogP contribution < -0.4 is 29.2 Å². The Balaban J connectivity index is 1.11. The molecule has 3 aliphatic rings. The third-order valence-electron chi connectivity index (χ3n) is 7.75. The maximum absolute atomic E-state index is 11.0. The molecule has 1 saturated heterocycles. The van der Waals surface area contributed by atoms with Crippen LogP contribution in [0.25, 0.3) is 0 Å². The Bertz CT molecular complexity index is 1300. The molecule has 9 nitrogen and oxygen atoms in total. The minimum absolute atomic E-state index is 0.161. The van der Waals surface area contributed by atoms with Crippen LogP contribution in [0.2, 0.25) is 0 Å². The molecule has 3 atom stereocenters. The van der Waals surface area contributed by atoms with Crippen LogP contribution in [0, 0.1) is 0 Å². The lowest BCUT2D eigenvalue weighted by atomic mass is 9.85. The molecule has 3 unspecified atom stereocenters. The predicted molar refractivity (Wildman–Crippen MR) is 155 cm³/mol. The summed E-state index contributed by atoms with van der Waals surface area (Å²) in [7, 11) is 1.73. The molecule has 6 rings (SSSR count). The van der Waals surface area contributed by atoms with E-state index in [2.05, 4.69) is 22.3 Å². The lowest BCUT2D eigenvalue weighted by Crippen LogP contribution is -2.49. The first kappa shape index (κ1) is 27.7. The lowest BCUT2D eigenvalue weighted by molar-refractivity contribution is -0.0328. The molecule has 0 amide bonds. The smallest absolute Gasteiger partial charge is 0.165 e. The number of benzene rings is 3. The van der Waals surface area contributed by atoms with Crippen LogP contribution in [-0.2, 0) is 16.1 Å². The summed E-state index contributed by atoms with van der Waals surface area (Å²) >= 11 is 0. The molecular formula is C32H38N2O7. The van der Waals surface area contributed by atoms with Crippen molar-refractivity contribution in [3.8, 4) is 28.7 Å². The van der Waals surface area contributed by atoms with E-state index in [0.29, 0.717) is 56.8 Å². The number of hydrogen-bond donors (Lipinski definition) is 2. The van der Waals surface area contributed by atoms with Crippen LogP contribution in [-0.4, -0.2) is 77.0 Å². The van der Waals surface area contributed by atoms with Crippen molar-refractivity contribution in [2.75, 3.05) is 64.6 Å². The van der Waals surface area contributed by atoms with E-state index in [1.54, 1.807) is 7.11 Å². The lowest BCUT2D eigenvalue weighted by Gasteiger charge is -2.36. The van der Waals surface area contributed by atoms with E-state index in [0.717, 1.165) is 54.4 Å². The molecule has 0 bridgehead atoms. The maximum atomic E-state index is 11.0. The SMILES string of the molecule is COCCCN1CCOc2ccc(COC3CNCC(O)C3c3ccc(Oc4ccc5c(c4)OCCO5)cc3)cc21. The second-order valence-corrected chi connectivity index (χ2v) is 10.6. The highest BCUT2D eigenvalue weighted by atomic mass is 16.6. The summed E-state index contributed by atoms with van der Waals surface area (Å²) in [4.78, 5) is 2.35. The number of nitrogens with one attached hydrogen (secondary N) is 1. The quantitative estimate of drug-likeness (QED) is 0.354. The molecule has 0 spiro atoms. The Labute approximate surface area is 240 Å². The topological polar surface area (TPSA) is 90.9 Å². The van der Waals surface area contributed by atoms with Gasteiger partial charge in [0.2, 0.25) is 0 Å². The van der Waals surface area contributed by atoms with E-state index < -0.39 is 6.10 Å². The monoisotopic (exact) mass is 562 g/mol. The normalized spacial score (nSPS) is 21.6. The Kier molecular flexibility index (Phi) is 8.77. The van der Waals surface area contributed by atoms with Gasteiger partial charge in [0.05, 0.1) is 31.0 Å². The summed E-state index contributed by atoms with van der Waals surface area (Å²) in [6.45, 7) is 5.91. The molecule has 3 aromatic carbocycles. The zero-order valence-electron chi connectivity index (χ0n) is 23.4. The molecule has 218 valence electrons. The minimum atomic E-state index is -0.563. The van der Waals surface area contributed by atoms with Crippen LogP contribution in [0.5, 0.6) is 28.7 Å². The summed E-state index contributed by atoms with van der Waals surface area (Å²) in [6.07, 6.45) is 0.213. The van der Waals surface area contributed by atoms with Gasteiger partial charge in [-0.05, 0) is 53.9 Å². The molecule has 3 heterocycles. The Hall–Kier alpha value is -3.50. The number of anilines is 1. The number of hydrogen-bond acceptors (Lipinski definition) is 9. The average molecular weight is 563 g/mol. The van der Waals surface area contributed by atoms with E-state index in [9.17, 15) is 5.11 Å². The first-order chi connectivity index (χ1) is 20.2. The van der Waals surface area contributed by atoms with Crippen molar-refractivity contribution in [3.63, 3.8) is 0 Å². The van der Waals surface area contributed by atoms with Gasteiger partial charge in [-0.15, -0.1) is 0 Å². The van der Waals surface area contributed by atoms with Crippen molar-refractivity contribution in [2.24, 2.45) is 0 Å². The van der Waals surface area contributed by atoms with Gasteiger partial charge in [0, 0.05) is 45.3 Å². The highest BCUT2D eigenvalue weighted by molar-refractivity contribution is 5.61. The second kappa shape index (κ2) is 13.0. The fourth-order valence-electron chi connectivity index (χ4n) is 5.70. The van der Waals surface area contributed by atoms with Crippen LogP contribution in [0.15, 0.2) is 60.7 Å². The number of β-amino-alcohol motifs (C(OH)–C–C–N with tert-alkyl or cyclic N) is 1. The Morgan fingerprint density at radius 2 is 1.66 bits per heavy atom. The second-order valence-electron chi connectivity index (χ2n) is 10.6. The third kappa shape index (κ3) is 6.54. The van der Waals surface area contributed by atoms with E-state index in [1.165, 1.54) is 0 Å². The number of rotatable bonds is 10.